The fourth-order valence-corrected chi connectivity index (χ4v) is 3.25. The highest BCUT2D eigenvalue weighted by Gasteiger charge is 2.16. The summed E-state index contributed by atoms with van der Waals surface area (Å²) in [6, 6.07) is 10.5. The molecule has 0 aliphatic rings. The molecule has 0 radical (unpaired) electrons. The van der Waals surface area contributed by atoms with E-state index < -0.39 is 0 Å². The van der Waals surface area contributed by atoms with E-state index in [4.69, 9.17) is 4.98 Å². The monoisotopic (exact) mass is 302 g/mol. The molecule has 2 nitrogen and oxygen atoms in total. The quantitative estimate of drug-likeness (QED) is 0.853. The third kappa shape index (κ3) is 4.65. The van der Waals surface area contributed by atoms with Crippen LogP contribution in [-0.2, 0) is 6.42 Å². The van der Waals surface area contributed by atoms with Crippen LogP contribution in [0, 0.1) is 0 Å². The Hall–Kier alpha value is -1.19. The highest BCUT2D eigenvalue weighted by atomic mass is 32.1. The van der Waals surface area contributed by atoms with Crippen LogP contribution in [0.1, 0.15) is 50.4 Å². The molecular formula is C18H26N2S. The molecule has 0 atom stereocenters. The average Bonchev–Trinajstić information content (AvgIpc) is 2.83. The number of benzene rings is 1. The van der Waals surface area contributed by atoms with Crippen molar-refractivity contribution in [3.63, 3.8) is 0 Å². The van der Waals surface area contributed by atoms with Crippen LogP contribution in [0.4, 0.5) is 0 Å². The summed E-state index contributed by atoms with van der Waals surface area (Å²) in [6.45, 7) is 12.0. The predicted octanol–water partition coefficient (Wildman–Crippen LogP) is 4.86. The van der Waals surface area contributed by atoms with Gasteiger partial charge in [-0.15, -0.1) is 11.3 Å². The van der Waals surface area contributed by atoms with Gasteiger partial charge >= 0.3 is 0 Å². The number of rotatable bonds is 5. The Morgan fingerprint density at radius 2 is 1.81 bits per heavy atom. The Bertz CT molecular complexity index is 565. The zero-order chi connectivity index (χ0) is 15.5. The van der Waals surface area contributed by atoms with E-state index in [9.17, 15) is 0 Å². The SMILES string of the molecule is CC(C)c1nc(-c2ccccc2)c(CCNC(C)(C)C)s1. The van der Waals surface area contributed by atoms with Crippen LogP contribution in [-0.4, -0.2) is 17.1 Å². The van der Waals surface area contributed by atoms with Crippen LogP contribution in [0.25, 0.3) is 11.3 Å². The topological polar surface area (TPSA) is 24.9 Å². The summed E-state index contributed by atoms with van der Waals surface area (Å²) < 4.78 is 0. The van der Waals surface area contributed by atoms with E-state index in [0.717, 1.165) is 13.0 Å². The van der Waals surface area contributed by atoms with Gasteiger partial charge in [0.05, 0.1) is 10.7 Å². The van der Waals surface area contributed by atoms with Crippen molar-refractivity contribution >= 4 is 11.3 Å². The number of hydrogen-bond donors (Lipinski definition) is 1. The molecule has 3 heteroatoms. The zero-order valence-electron chi connectivity index (χ0n) is 13.7. The Morgan fingerprint density at radius 3 is 2.38 bits per heavy atom. The molecule has 0 saturated heterocycles. The smallest absolute Gasteiger partial charge is 0.0960 e. The minimum Gasteiger partial charge on any atom is -0.312 e. The fourth-order valence-electron chi connectivity index (χ4n) is 2.16. The first-order valence-electron chi connectivity index (χ1n) is 7.67. The van der Waals surface area contributed by atoms with Crippen LogP contribution in [0.5, 0.6) is 0 Å². The lowest BCUT2D eigenvalue weighted by Gasteiger charge is -2.20. The second kappa shape index (κ2) is 6.71. The molecule has 0 spiro atoms. The molecule has 114 valence electrons. The molecule has 2 aromatic rings. The molecular weight excluding hydrogens is 276 g/mol. The van der Waals surface area contributed by atoms with E-state index in [1.54, 1.807) is 0 Å². The Labute approximate surface area is 132 Å². The first kappa shape index (κ1) is 16.2. The van der Waals surface area contributed by atoms with Crippen LogP contribution in [0.2, 0.25) is 0 Å². The van der Waals surface area contributed by atoms with Gasteiger partial charge in [0.25, 0.3) is 0 Å². The maximum atomic E-state index is 4.89. The molecule has 0 aliphatic carbocycles. The number of hydrogen-bond acceptors (Lipinski definition) is 3. The molecule has 0 unspecified atom stereocenters. The minimum absolute atomic E-state index is 0.165. The predicted molar refractivity (Wildman–Crippen MR) is 93.1 cm³/mol. The second-order valence-corrected chi connectivity index (χ2v) is 7.89. The lowest BCUT2D eigenvalue weighted by Crippen LogP contribution is -2.37. The van der Waals surface area contributed by atoms with E-state index in [2.05, 4.69) is 70.3 Å². The van der Waals surface area contributed by atoms with Gasteiger partial charge in [0.2, 0.25) is 0 Å². The third-order valence-electron chi connectivity index (χ3n) is 3.26. The molecule has 1 heterocycles. The van der Waals surface area contributed by atoms with Crippen molar-refractivity contribution in [2.24, 2.45) is 0 Å². The van der Waals surface area contributed by atoms with E-state index >= 15 is 0 Å². The van der Waals surface area contributed by atoms with Crippen molar-refractivity contribution in [3.05, 3.63) is 40.2 Å². The lowest BCUT2D eigenvalue weighted by atomic mass is 10.1. The molecule has 1 aromatic heterocycles. The van der Waals surface area contributed by atoms with Gasteiger partial charge in [0.15, 0.2) is 0 Å². The molecule has 0 aliphatic heterocycles. The van der Waals surface area contributed by atoms with Crippen molar-refractivity contribution in [1.29, 1.82) is 0 Å². The summed E-state index contributed by atoms with van der Waals surface area (Å²) in [4.78, 5) is 6.28. The molecule has 1 N–H and O–H groups in total. The summed E-state index contributed by atoms with van der Waals surface area (Å²) >= 11 is 1.86. The van der Waals surface area contributed by atoms with Gasteiger partial charge in [-0.1, -0.05) is 44.2 Å². The van der Waals surface area contributed by atoms with E-state index in [-0.39, 0.29) is 5.54 Å². The van der Waals surface area contributed by atoms with Gasteiger partial charge in [0.1, 0.15) is 0 Å². The van der Waals surface area contributed by atoms with E-state index in [1.807, 2.05) is 11.3 Å². The summed E-state index contributed by atoms with van der Waals surface area (Å²) in [6.07, 6.45) is 1.03. The van der Waals surface area contributed by atoms with Crippen molar-refractivity contribution in [1.82, 2.24) is 10.3 Å². The highest BCUT2D eigenvalue weighted by Crippen LogP contribution is 2.32. The number of nitrogens with zero attached hydrogens (tertiary/aromatic N) is 1. The van der Waals surface area contributed by atoms with Crippen molar-refractivity contribution in [2.75, 3.05) is 6.54 Å². The molecule has 0 amide bonds. The van der Waals surface area contributed by atoms with Crippen LogP contribution >= 0.6 is 11.3 Å². The Balaban J connectivity index is 2.22. The Morgan fingerprint density at radius 1 is 1.14 bits per heavy atom. The summed E-state index contributed by atoms with van der Waals surface area (Å²) in [5.41, 5.74) is 2.56. The van der Waals surface area contributed by atoms with Crippen LogP contribution in [0.15, 0.2) is 30.3 Å². The molecule has 21 heavy (non-hydrogen) atoms. The average molecular weight is 302 g/mol. The van der Waals surface area contributed by atoms with Crippen molar-refractivity contribution in [3.8, 4) is 11.3 Å². The highest BCUT2D eigenvalue weighted by molar-refractivity contribution is 7.12. The largest absolute Gasteiger partial charge is 0.312 e. The molecule has 0 bridgehead atoms. The first-order valence-corrected chi connectivity index (χ1v) is 8.48. The van der Waals surface area contributed by atoms with Gasteiger partial charge in [0, 0.05) is 28.4 Å². The standard InChI is InChI=1S/C18H26N2S/c1-13(2)17-20-16(14-9-7-6-8-10-14)15(21-17)11-12-19-18(3,4)5/h6-10,13,19H,11-12H2,1-5H3. The normalized spacial score (nSPS) is 12.1. The van der Waals surface area contributed by atoms with Gasteiger partial charge < -0.3 is 5.32 Å². The van der Waals surface area contributed by atoms with Gasteiger partial charge in [-0.25, -0.2) is 4.98 Å². The minimum atomic E-state index is 0.165. The van der Waals surface area contributed by atoms with E-state index in [0.29, 0.717) is 5.92 Å². The molecule has 0 fully saturated rings. The lowest BCUT2D eigenvalue weighted by molar-refractivity contribution is 0.430. The summed E-state index contributed by atoms with van der Waals surface area (Å²) in [7, 11) is 0. The number of nitrogens with one attached hydrogen (secondary N) is 1. The molecule has 2 rings (SSSR count). The summed E-state index contributed by atoms with van der Waals surface area (Å²) in [5.74, 6) is 0.488. The molecule has 1 aromatic carbocycles. The fraction of sp³-hybridized carbons (Fsp3) is 0.500. The number of aromatic nitrogens is 1. The van der Waals surface area contributed by atoms with Gasteiger partial charge in [-0.2, -0.15) is 0 Å². The van der Waals surface area contributed by atoms with Gasteiger partial charge in [-0.05, 0) is 27.2 Å². The second-order valence-electron chi connectivity index (χ2n) is 6.77. The first-order chi connectivity index (χ1) is 9.87. The van der Waals surface area contributed by atoms with E-state index in [1.165, 1.54) is 21.1 Å². The maximum absolute atomic E-state index is 4.89. The van der Waals surface area contributed by atoms with Crippen molar-refractivity contribution in [2.45, 2.75) is 52.5 Å². The van der Waals surface area contributed by atoms with Gasteiger partial charge in [-0.3, -0.25) is 0 Å². The van der Waals surface area contributed by atoms with Crippen LogP contribution in [0.3, 0.4) is 0 Å². The summed E-state index contributed by atoms with van der Waals surface area (Å²) in [5, 5.41) is 4.80. The van der Waals surface area contributed by atoms with Crippen LogP contribution < -0.4 is 5.32 Å². The zero-order valence-corrected chi connectivity index (χ0v) is 14.6. The molecule has 0 saturated carbocycles. The Kier molecular flexibility index (Phi) is 5.17. The maximum Gasteiger partial charge on any atom is 0.0960 e. The van der Waals surface area contributed by atoms with Crippen molar-refractivity contribution < 1.29 is 0 Å². The number of thiazole rings is 1. The third-order valence-corrected chi connectivity index (χ3v) is 4.68.